The van der Waals surface area contributed by atoms with Crippen molar-refractivity contribution < 1.29 is 5.11 Å². The van der Waals surface area contributed by atoms with Gasteiger partial charge in [0.2, 0.25) is 0 Å². The summed E-state index contributed by atoms with van der Waals surface area (Å²) < 4.78 is 0. The van der Waals surface area contributed by atoms with E-state index in [0.29, 0.717) is 17.1 Å². The molecule has 0 aliphatic heterocycles. The van der Waals surface area contributed by atoms with Crippen LogP contribution in [0.25, 0.3) is 0 Å². The van der Waals surface area contributed by atoms with E-state index in [9.17, 15) is 5.11 Å². The highest BCUT2D eigenvalue weighted by Gasteiger charge is 2.29. The van der Waals surface area contributed by atoms with Gasteiger partial charge in [-0.3, -0.25) is 0 Å². The average molecular weight is 462 g/mol. The molecule has 0 aromatic carbocycles. The van der Waals surface area contributed by atoms with Crippen molar-refractivity contribution in [2.24, 2.45) is 0 Å². The van der Waals surface area contributed by atoms with Crippen molar-refractivity contribution in [1.82, 2.24) is 0 Å². The third-order valence-corrected chi connectivity index (χ3v) is 6.26. The summed E-state index contributed by atoms with van der Waals surface area (Å²) in [6.07, 6.45) is 0.760. The van der Waals surface area contributed by atoms with Gasteiger partial charge < -0.3 is 5.11 Å². The maximum absolute atomic E-state index is 9.92. The SMILES string of the molecule is C[C@](Cl)(CBr)[C@@H](O)CC/C(=C/Br)[C@@H](Cl)CBr. The Morgan fingerprint density at radius 1 is 1.50 bits per heavy atom. The highest BCUT2D eigenvalue weighted by atomic mass is 79.9. The number of rotatable bonds is 7. The highest BCUT2D eigenvalue weighted by Crippen LogP contribution is 2.28. The molecule has 3 atom stereocenters. The van der Waals surface area contributed by atoms with E-state index in [0.717, 1.165) is 12.0 Å². The molecule has 1 nitrogen and oxygen atoms in total. The Kier molecular flexibility index (Phi) is 9.70. The monoisotopic (exact) mass is 458 g/mol. The van der Waals surface area contributed by atoms with Crippen LogP contribution in [-0.4, -0.2) is 32.1 Å². The van der Waals surface area contributed by atoms with E-state index in [1.54, 1.807) is 0 Å². The second kappa shape index (κ2) is 8.76. The molecule has 0 unspecified atom stereocenters. The number of allylic oxidation sites excluding steroid dienone is 1. The lowest BCUT2D eigenvalue weighted by Crippen LogP contribution is -2.35. The molecule has 0 radical (unpaired) electrons. The second-order valence-electron chi connectivity index (χ2n) is 3.77. The predicted octanol–water partition coefficient (Wildman–Crippen LogP) is 4.80. The topological polar surface area (TPSA) is 20.2 Å². The molecule has 1 N–H and O–H groups in total. The van der Waals surface area contributed by atoms with Gasteiger partial charge in [0.15, 0.2) is 0 Å². The summed E-state index contributed by atoms with van der Waals surface area (Å²) in [7, 11) is 0. The molecule has 0 rings (SSSR count). The first kappa shape index (κ1) is 17.7. The Bertz CT molecular complexity index is 234. The van der Waals surface area contributed by atoms with Crippen LogP contribution in [0.1, 0.15) is 19.8 Å². The predicted molar refractivity (Wildman–Crippen MR) is 83.7 cm³/mol. The van der Waals surface area contributed by atoms with E-state index in [4.69, 9.17) is 23.2 Å². The molecule has 96 valence electrons. The van der Waals surface area contributed by atoms with E-state index in [2.05, 4.69) is 47.8 Å². The van der Waals surface area contributed by atoms with Crippen molar-refractivity contribution in [2.45, 2.75) is 36.1 Å². The largest absolute Gasteiger partial charge is 0.391 e. The van der Waals surface area contributed by atoms with Crippen molar-refractivity contribution in [3.8, 4) is 0 Å². The maximum atomic E-state index is 9.92. The van der Waals surface area contributed by atoms with Gasteiger partial charge in [-0.15, -0.1) is 23.2 Å². The van der Waals surface area contributed by atoms with Gasteiger partial charge in [-0.25, -0.2) is 0 Å². The first-order valence-corrected chi connectivity index (χ1v) is 8.78. The number of hydrogen-bond donors (Lipinski definition) is 1. The Morgan fingerprint density at radius 3 is 2.44 bits per heavy atom. The molecule has 0 aromatic heterocycles. The summed E-state index contributed by atoms with van der Waals surface area (Å²) in [6, 6.07) is 0. The van der Waals surface area contributed by atoms with Crippen LogP contribution in [0, 0.1) is 0 Å². The molecule has 0 aliphatic carbocycles. The summed E-state index contributed by atoms with van der Waals surface area (Å²) in [5, 5.41) is 11.1. The fraction of sp³-hybridized carbons (Fsp3) is 0.800. The molecule has 0 spiro atoms. The lowest BCUT2D eigenvalue weighted by molar-refractivity contribution is 0.132. The molecular weight excluding hydrogens is 447 g/mol. The van der Waals surface area contributed by atoms with Crippen LogP contribution in [0.15, 0.2) is 10.6 Å². The van der Waals surface area contributed by atoms with Crippen molar-refractivity contribution in [3.05, 3.63) is 10.6 Å². The van der Waals surface area contributed by atoms with Crippen LogP contribution in [0.4, 0.5) is 0 Å². The Labute approximate surface area is 132 Å². The van der Waals surface area contributed by atoms with Crippen LogP contribution in [0.5, 0.6) is 0 Å². The minimum atomic E-state index is -0.631. The molecular formula is C10H15Br3Cl2O. The zero-order chi connectivity index (χ0) is 12.8. The van der Waals surface area contributed by atoms with Crippen molar-refractivity contribution in [1.29, 1.82) is 0 Å². The van der Waals surface area contributed by atoms with Gasteiger partial charge in [-0.2, -0.15) is 0 Å². The van der Waals surface area contributed by atoms with Crippen molar-refractivity contribution in [3.63, 3.8) is 0 Å². The minimum absolute atomic E-state index is 0.0582. The Hall–Kier alpha value is 1.72. The molecule has 0 aliphatic rings. The van der Waals surface area contributed by atoms with Crippen LogP contribution in [0.3, 0.4) is 0 Å². The Morgan fingerprint density at radius 2 is 2.06 bits per heavy atom. The molecule has 6 heteroatoms. The summed E-state index contributed by atoms with van der Waals surface area (Å²) in [5.41, 5.74) is 1.06. The fourth-order valence-electron chi connectivity index (χ4n) is 1.07. The normalized spacial score (nSPS) is 20.3. The summed E-state index contributed by atoms with van der Waals surface area (Å²) in [6.45, 7) is 1.81. The molecule has 0 heterocycles. The van der Waals surface area contributed by atoms with E-state index >= 15 is 0 Å². The summed E-state index contributed by atoms with van der Waals surface area (Å²) >= 11 is 22.1. The van der Waals surface area contributed by atoms with Crippen molar-refractivity contribution >= 4 is 71.0 Å². The lowest BCUT2D eigenvalue weighted by atomic mass is 9.98. The van der Waals surface area contributed by atoms with Gasteiger partial charge in [0.05, 0.1) is 16.4 Å². The van der Waals surface area contributed by atoms with E-state index in [1.807, 2.05) is 11.9 Å². The lowest BCUT2D eigenvalue weighted by Gasteiger charge is -2.26. The maximum Gasteiger partial charge on any atom is 0.0773 e. The van der Waals surface area contributed by atoms with Crippen LogP contribution >= 0.6 is 71.0 Å². The molecule has 0 saturated carbocycles. The first-order chi connectivity index (χ1) is 7.38. The highest BCUT2D eigenvalue weighted by molar-refractivity contribution is 9.11. The fourth-order valence-corrected chi connectivity index (χ4v) is 2.84. The summed E-state index contributed by atoms with van der Waals surface area (Å²) in [5.74, 6) is 0. The molecule has 0 amide bonds. The number of alkyl halides is 4. The standard InChI is InChI=1S/C10H15Br3Cl2O/c1-10(15,6-13)9(16)3-2-7(4-11)8(14)5-12/h4,8-9,16H,2-3,5-6H2,1H3/b7-4-/t8-,9-,10-/m0/s1. The third-order valence-electron chi connectivity index (χ3n) is 2.34. The van der Waals surface area contributed by atoms with Crippen molar-refractivity contribution in [2.75, 3.05) is 10.7 Å². The molecule has 0 fully saturated rings. The van der Waals surface area contributed by atoms with Gasteiger partial charge in [-0.1, -0.05) is 47.8 Å². The Balaban J connectivity index is 4.23. The van der Waals surface area contributed by atoms with Gasteiger partial charge >= 0.3 is 0 Å². The number of aliphatic hydroxyl groups is 1. The molecule has 0 aromatic rings. The number of halogens is 5. The quantitative estimate of drug-likeness (QED) is 0.540. The van der Waals surface area contributed by atoms with Gasteiger partial charge in [0, 0.05) is 10.7 Å². The van der Waals surface area contributed by atoms with E-state index in [1.165, 1.54) is 0 Å². The van der Waals surface area contributed by atoms with Crippen LogP contribution in [-0.2, 0) is 0 Å². The smallest absolute Gasteiger partial charge is 0.0773 e. The molecule has 0 bridgehead atoms. The zero-order valence-corrected chi connectivity index (χ0v) is 15.2. The van der Waals surface area contributed by atoms with Crippen LogP contribution < -0.4 is 0 Å². The summed E-state index contributed by atoms with van der Waals surface area (Å²) in [4.78, 5) is 1.19. The number of aliphatic hydroxyl groups excluding tert-OH is 1. The van der Waals surface area contributed by atoms with Crippen LogP contribution in [0.2, 0.25) is 0 Å². The van der Waals surface area contributed by atoms with Gasteiger partial charge in [0.1, 0.15) is 0 Å². The minimum Gasteiger partial charge on any atom is -0.391 e. The molecule has 0 saturated heterocycles. The molecule has 16 heavy (non-hydrogen) atoms. The first-order valence-electron chi connectivity index (χ1n) is 4.81. The average Bonchev–Trinajstić information content (AvgIpc) is 2.28. The zero-order valence-electron chi connectivity index (χ0n) is 8.90. The second-order valence-corrected chi connectivity index (χ2v) is 6.83. The third kappa shape index (κ3) is 6.05. The van der Waals surface area contributed by atoms with Gasteiger partial charge in [0.25, 0.3) is 0 Å². The van der Waals surface area contributed by atoms with E-state index < -0.39 is 11.0 Å². The van der Waals surface area contributed by atoms with Gasteiger partial charge in [-0.05, 0) is 30.3 Å². The van der Waals surface area contributed by atoms with E-state index in [-0.39, 0.29) is 5.38 Å². The number of hydrogen-bond acceptors (Lipinski definition) is 1.